The van der Waals surface area contributed by atoms with Gasteiger partial charge in [0.15, 0.2) is 6.29 Å². The molecule has 0 aromatic carbocycles. The van der Waals surface area contributed by atoms with Crippen LogP contribution in [0.4, 0.5) is 4.79 Å². The fraction of sp³-hybridized carbons (Fsp3) is 0.850. The number of aliphatic hydroxyl groups excluding tert-OH is 3. The highest BCUT2D eigenvalue weighted by molar-refractivity contribution is 5.81. The molecule has 0 aliphatic carbocycles. The zero-order chi connectivity index (χ0) is 23.9. The Morgan fingerprint density at radius 2 is 1.71 bits per heavy atom. The summed E-state index contributed by atoms with van der Waals surface area (Å²) in [5.41, 5.74) is -0.745. The summed E-state index contributed by atoms with van der Waals surface area (Å²) in [6, 6.07) is -2.25. The molecule has 1 rings (SSSR count). The van der Waals surface area contributed by atoms with Crippen LogP contribution >= 0.6 is 0 Å². The van der Waals surface area contributed by atoms with Crippen LogP contribution in [0, 0.1) is 5.92 Å². The maximum Gasteiger partial charge on any atom is 0.408 e. The lowest BCUT2D eigenvalue weighted by Gasteiger charge is -2.40. The molecule has 0 aromatic heterocycles. The van der Waals surface area contributed by atoms with E-state index in [1.54, 1.807) is 41.5 Å². The average Bonchev–Trinajstić information content (AvgIpc) is 2.63. The third-order valence-corrected chi connectivity index (χ3v) is 4.51. The first-order valence-electron chi connectivity index (χ1n) is 10.4. The number of hydrogen-bond acceptors (Lipinski definition) is 9. The summed E-state index contributed by atoms with van der Waals surface area (Å²) in [6.07, 6.45) is -5.93. The van der Waals surface area contributed by atoms with Crippen LogP contribution in [0.25, 0.3) is 0 Å². The summed E-state index contributed by atoms with van der Waals surface area (Å²) in [5, 5.41) is 35.5. The number of esters is 1. The van der Waals surface area contributed by atoms with Crippen LogP contribution in [0.5, 0.6) is 0 Å². The van der Waals surface area contributed by atoms with E-state index in [0.29, 0.717) is 6.42 Å². The number of carbonyl (C=O) groups excluding carboxylic acids is 3. The van der Waals surface area contributed by atoms with Crippen LogP contribution in [0.2, 0.25) is 0 Å². The summed E-state index contributed by atoms with van der Waals surface area (Å²) in [7, 11) is 0. The van der Waals surface area contributed by atoms with E-state index in [9.17, 15) is 29.7 Å². The smallest absolute Gasteiger partial charge is 0.408 e. The topological polar surface area (TPSA) is 164 Å². The lowest BCUT2D eigenvalue weighted by atomic mass is 9.97. The molecule has 6 atom stereocenters. The van der Waals surface area contributed by atoms with E-state index < -0.39 is 66.9 Å². The summed E-state index contributed by atoms with van der Waals surface area (Å²) >= 11 is 0. The Morgan fingerprint density at radius 1 is 1.10 bits per heavy atom. The van der Waals surface area contributed by atoms with Gasteiger partial charge in [-0.3, -0.25) is 4.79 Å². The number of ether oxygens (including phenoxy) is 3. The van der Waals surface area contributed by atoms with Gasteiger partial charge in [0.1, 0.15) is 42.6 Å². The Kier molecular flexibility index (Phi) is 10.1. The Morgan fingerprint density at radius 3 is 2.23 bits per heavy atom. The molecule has 1 fully saturated rings. The van der Waals surface area contributed by atoms with Crippen molar-refractivity contribution in [3.05, 3.63) is 0 Å². The molecule has 2 amide bonds. The fourth-order valence-corrected chi connectivity index (χ4v) is 2.91. The van der Waals surface area contributed by atoms with E-state index in [2.05, 4.69) is 10.6 Å². The molecule has 0 radical (unpaired) electrons. The molecule has 11 heteroatoms. The van der Waals surface area contributed by atoms with E-state index in [0.717, 1.165) is 0 Å². The lowest BCUT2D eigenvalue weighted by Crippen LogP contribution is -2.64. The largest absolute Gasteiger partial charge is 0.461 e. The van der Waals surface area contributed by atoms with E-state index in [4.69, 9.17) is 14.2 Å². The van der Waals surface area contributed by atoms with Gasteiger partial charge in [0.2, 0.25) is 5.91 Å². The summed E-state index contributed by atoms with van der Waals surface area (Å²) < 4.78 is 15.5. The molecule has 0 saturated carbocycles. The SMILES string of the molecule is CCCC(=O)N[C@H]1C(O)O[C@H](COC(=O)C(NC(=O)OC(C)(C)C)C(C)C)[C@@H](O)[C@@H]1O. The van der Waals surface area contributed by atoms with Gasteiger partial charge in [-0.1, -0.05) is 20.8 Å². The van der Waals surface area contributed by atoms with E-state index in [-0.39, 0.29) is 12.3 Å². The molecule has 5 N–H and O–H groups in total. The van der Waals surface area contributed by atoms with Crippen molar-refractivity contribution in [3.63, 3.8) is 0 Å². The highest BCUT2D eigenvalue weighted by atomic mass is 16.6. The standard InChI is InChI=1S/C20H36N2O9/c1-7-8-12(23)21-14-16(25)15(24)11(30-18(14)27)9-29-17(26)13(10(2)3)22-19(28)31-20(4,5)6/h10-11,13-16,18,24-25,27H,7-9H2,1-6H3,(H,21,23)(H,22,28)/t11-,13?,14-,15-,16-,18?/m1/s1. The lowest BCUT2D eigenvalue weighted by molar-refractivity contribution is -0.256. The van der Waals surface area contributed by atoms with Crippen LogP contribution in [0.15, 0.2) is 0 Å². The number of nitrogens with one attached hydrogen (secondary N) is 2. The highest BCUT2D eigenvalue weighted by Crippen LogP contribution is 2.21. The molecule has 180 valence electrons. The monoisotopic (exact) mass is 448 g/mol. The Bertz CT molecular complexity index is 620. The minimum atomic E-state index is -1.61. The van der Waals surface area contributed by atoms with Gasteiger partial charge in [0.25, 0.3) is 0 Å². The van der Waals surface area contributed by atoms with Crippen molar-refractivity contribution < 1.29 is 43.9 Å². The minimum Gasteiger partial charge on any atom is -0.461 e. The molecule has 0 bridgehead atoms. The molecule has 0 aromatic rings. The van der Waals surface area contributed by atoms with Gasteiger partial charge in [0, 0.05) is 6.42 Å². The highest BCUT2D eigenvalue weighted by Gasteiger charge is 2.45. The molecule has 1 heterocycles. The van der Waals surface area contributed by atoms with Crippen molar-refractivity contribution in [2.75, 3.05) is 6.61 Å². The number of carbonyl (C=O) groups is 3. The average molecular weight is 449 g/mol. The summed E-state index contributed by atoms with van der Waals surface area (Å²) in [6.45, 7) is 9.77. The molecule has 11 nitrogen and oxygen atoms in total. The zero-order valence-electron chi connectivity index (χ0n) is 19.0. The van der Waals surface area contributed by atoms with Gasteiger partial charge in [-0.25, -0.2) is 9.59 Å². The normalized spacial score (nSPS) is 27.4. The van der Waals surface area contributed by atoms with Crippen LogP contribution in [0.3, 0.4) is 0 Å². The van der Waals surface area contributed by atoms with Crippen LogP contribution in [-0.4, -0.2) is 82.2 Å². The predicted octanol–water partition coefficient (Wildman–Crippen LogP) is -0.197. The van der Waals surface area contributed by atoms with Crippen LogP contribution < -0.4 is 10.6 Å². The number of aliphatic hydroxyl groups is 3. The number of hydrogen-bond donors (Lipinski definition) is 5. The molecule has 0 spiro atoms. The Labute approximate surface area is 182 Å². The molecular weight excluding hydrogens is 412 g/mol. The summed E-state index contributed by atoms with van der Waals surface area (Å²) in [5.74, 6) is -1.52. The minimum absolute atomic E-state index is 0.189. The summed E-state index contributed by atoms with van der Waals surface area (Å²) in [4.78, 5) is 36.2. The van der Waals surface area contributed by atoms with Crippen molar-refractivity contribution in [1.82, 2.24) is 10.6 Å². The number of rotatable bonds is 8. The van der Waals surface area contributed by atoms with E-state index >= 15 is 0 Å². The zero-order valence-corrected chi connectivity index (χ0v) is 19.0. The Hall–Kier alpha value is -1.95. The molecule has 1 aliphatic rings. The van der Waals surface area contributed by atoms with Crippen LogP contribution in [-0.2, 0) is 23.8 Å². The van der Waals surface area contributed by atoms with Gasteiger partial charge in [0.05, 0.1) is 0 Å². The quantitative estimate of drug-likeness (QED) is 0.316. The number of alkyl carbamates (subject to hydrolysis) is 1. The second-order valence-corrected chi connectivity index (χ2v) is 8.89. The molecule has 1 aliphatic heterocycles. The molecular formula is C20H36N2O9. The maximum absolute atomic E-state index is 12.5. The second kappa shape index (κ2) is 11.6. The van der Waals surface area contributed by atoms with E-state index in [1.165, 1.54) is 0 Å². The van der Waals surface area contributed by atoms with Crippen molar-refractivity contribution >= 4 is 18.0 Å². The molecule has 31 heavy (non-hydrogen) atoms. The predicted molar refractivity (Wildman–Crippen MR) is 109 cm³/mol. The van der Waals surface area contributed by atoms with Gasteiger partial charge in [-0.2, -0.15) is 0 Å². The van der Waals surface area contributed by atoms with Crippen molar-refractivity contribution in [2.45, 2.75) is 96.7 Å². The number of amides is 2. The van der Waals surface area contributed by atoms with Gasteiger partial charge < -0.3 is 40.2 Å². The van der Waals surface area contributed by atoms with Gasteiger partial charge in [-0.05, 0) is 33.1 Å². The first-order chi connectivity index (χ1) is 14.3. The van der Waals surface area contributed by atoms with E-state index in [1.807, 2.05) is 0 Å². The first kappa shape index (κ1) is 27.1. The molecule has 1 saturated heterocycles. The van der Waals surface area contributed by atoms with Crippen LogP contribution in [0.1, 0.15) is 54.4 Å². The van der Waals surface area contributed by atoms with Gasteiger partial charge >= 0.3 is 12.1 Å². The second-order valence-electron chi connectivity index (χ2n) is 8.89. The first-order valence-corrected chi connectivity index (χ1v) is 10.4. The van der Waals surface area contributed by atoms with Crippen molar-refractivity contribution in [2.24, 2.45) is 5.92 Å². The van der Waals surface area contributed by atoms with Gasteiger partial charge in [-0.15, -0.1) is 0 Å². The molecule has 2 unspecified atom stereocenters. The third-order valence-electron chi connectivity index (χ3n) is 4.51. The third kappa shape index (κ3) is 8.60. The maximum atomic E-state index is 12.5. The Balaban J connectivity index is 2.68. The van der Waals surface area contributed by atoms with Crippen molar-refractivity contribution in [1.29, 1.82) is 0 Å². The fourth-order valence-electron chi connectivity index (χ4n) is 2.91. The van der Waals surface area contributed by atoms with Crippen molar-refractivity contribution in [3.8, 4) is 0 Å².